The summed E-state index contributed by atoms with van der Waals surface area (Å²) in [6.45, 7) is 7.83. The van der Waals surface area contributed by atoms with E-state index in [1.807, 2.05) is 12.1 Å². The summed E-state index contributed by atoms with van der Waals surface area (Å²) in [5.41, 5.74) is 3.98. The molecule has 2 N–H and O–H groups in total. The SMILES string of the molecule is CCN(CC)Cc1ccc(CNC(=O)Nc2ccc(CC#N)cc2)cc1. The fraction of sp³-hybridized carbons (Fsp3) is 0.333. The van der Waals surface area contributed by atoms with Gasteiger partial charge in [0.25, 0.3) is 0 Å². The van der Waals surface area contributed by atoms with Crippen LogP contribution in [-0.2, 0) is 19.5 Å². The van der Waals surface area contributed by atoms with Gasteiger partial charge < -0.3 is 10.6 Å². The Morgan fingerprint density at radius 3 is 2.12 bits per heavy atom. The molecule has 0 unspecified atom stereocenters. The number of carbonyl (C=O) groups excluding carboxylic acids is 1. The number of benzene rings is 2. The number of hydrogen-bond donors (Lipinski definition) is 2. The Kier molecular flexibility index (Phi) is 7.66. The van der Waals surface area contributed by atoms with E-state index in [9.17, 15) is 4.79 Å². The summed E-state index contributed by atoms with van der Waals surface area (Å²) in [5.74, 6) is 0. The van der Waals surface area contributed by atoms with Gasteiger partial charge in [-0.1, -0.05) is 50.2 Å². The van der Waals surface area contributed by atoms with E-state index in [2.05, 4.69) is 59.7 Å². The lowest BCUT2D eigenvalue weighted by molar-refractivity contribution is 0.251. The highest BCUT2D eigenvalue weighted by Gasteiger charge is 2.04. The van der Waals surface area contributed by atoms with E-state index in [1.54, 1.807) is 12.1 Å². The van der Waals surface area contributed by atoms with E-state index in [0.717, 1.165) is 30.8 Å². The quantitative estimate of drug-likeness (QED) is 0.758. The van der Waals surface area contributed by atoms with Crippen molar-refractivity contribution in [2.45, 2.75) is 33.4 Å². The summed E-state index contributed by atoms with van der Waals surface area (Å²) in [7, 11) is 0. The maximum Gasteiger partial charge on any atom is 0.319 e. The Labute approximate surface area is 155 Å². The summed E-state index contributed by atoms with van der Waals surface area (Å²) < 4.78 is 0. The molecule has 0 aliphatic carbocycles. The average molecular weight is 350 g/mol. The van der Waals surface area contributed by atoms with Gasteiger partial charge in [-0.2, -0.15) is 5.26 Å². The minimum atomic E-state index is -0.245. The summed E-state index contributed by atoms with van der Waals surface area (Å²) in [4.78, 5) is 14.4. The molecule has 0 aliphatic heterocycles. The van der Waals surface area contributed by atoms with Crippen molar-refractivity contribution in [2.24, 2.45) is 0 Å². The van der Waals surface area contributed by atoms with Crippen molar-refractivity contribution in [3.63, 3.8) is 0 Å². The fourth-order valence-corrected chi connectivity index (χ4v) is 2.62. The largest absolute Gasteiger partial charge is 0.334 e. The van der Waals surface area contributed by atoms with E-state index < -0.39 is 0 Å². The van der Waals surface area contributed by atoms with Crippen LogP contribution in [0.25, 0.3) is 0 Å². The molecule has 0 aliphatic rings. The summed E-state index contributed by atoms with van der Waals surface area (Å²) in [5, 5.41) is 14.3. The number of amides is 2. The second kappa shape index (κ2) is 10.2. The highest BCUT2D eigenvalue weighted by molar-refractivity contribution is 5.89. The van der Waals surface area contributed by atoms with Gasteiger partial charge in [-0.05, 0) is 41.9 Å². The lowest BCUT2D eigenvalue weighted by Gasteiger charge is -2.18. The molecule has 0 aromatic heterocycles. The van der Waals surface area contributed by atoms with E-state index in [4.69, 9.17) is 5.26 Å². The van der Waals surface area contributed by atoms with Crippen LogP contribution in [0.4, 0.5) is 10.5 Å². The van der Waals surface area contributed by atoms with Gasteiger partial charge in [0, 0.05) is 18.8 Å². The van der Waals surface area contributed by atoms with E-state index in [1.165, 1.54) is 5.56 Å². The van der Waals surface area contributed by atoms with E-state index >= 15 is 0 Å². The van der Waals surface area contributed by atoms with Gasteiger partial charge in [-0.25, -0.2) is 4.79 Å². The molecule has 0 atom stereocenters. The fourth-order valence-electron chi connectivity index (χ4n) is 2.62. The number of nitrogens with zero attached hydrogens (tertiary/aromatic N) is 2. The third-order valence-corrected chi connectivity index (χ3v) is 4.27. The standard InChI is InChI=1S/C21H26N4O/c1-3-25(4-2)16-19-7-5-18(6-8-19)15-23-21(26)24-20-11-9-17(10-12-20)13-14-22/h5-12H,3-4,13,15-16H2,1-2H3,(H2,23,24,26). The molecule has 0 spiro atoms. The molecule has 0 fully saturated rings. The molecule has 2 aromatic carbocycles. The van der Waals surface area contributed by atoms with Crippen LogP contribution >= 0.6 is 0 Å². The van der Waals surface area contributed by atoms with E-state index in [0.29, 0.717) is 18.7 Å². The maximum atomic E-state index is 12.0. The van der Waals surface area contributed by atoms with Gasteiger partial charge in [0.1, 0.15) is 0 Å². The Hall–Kier alpha value is -2.84. The minimum Gasteiger partial charge on any atom is -0.334 e. The number of urea groups is 1. The summed E-state index contributed by atoms with van der Waals surface area (Å²) in [6.07, 6.45) is 0.372. The Balaban J connectivity index is 1.80. The molecular formula is C21H26N4O. The van der Waals surface area contributed by atoms with Crippen LogP contribution in [0.5, 0.6) is 0 Å². The van der Waals surface area contributed by atoms with Crippen molar-refractivity contribution in [1.29, 1.82) is 5.26 Å². The molecule has 0 bridgehead atoms. The predicted molar refractivity (Wildman–Crippen MR) is 105 cm³/mol. The van der Waals surface area contributed by atoms with Crippen molar-refractivity contribution < 1.29 is 4.79 Å². The number of carbonyl (C=O) groups is 1. The lowest BCUT2D eigenvalue weighted by Crippen LogP contribution is -2.28. The average Bonchev–Trinajstić information content (AvgIpc) is 2.67. The lowest BCUT2D eigenvalue weighted by atomic mass is 10.1. The number of nitriles is 1. The van der Waals surface area contributed by atoms with Crippen molar-refractivity contribution in [2.75, 3.05) is 18.4 Å². The first-order valence-corrected chi connectivity index (χ1v) is 8.95. The van der Waals surface area contributed by atoms with Crippen molar-refractivity contribution in [3.05, 3.63) is 65.2 Å². The smallest absolute Gasteiger partial charge is 0.319 e. The van der Waals surface area contributed by atoms with Crippen LogP contribution in [0, 0.1) is 11.3 Å². The Morgan fingerprint density at radius 1 is 0.962 bits per heavy atom. The molecule has 136 valence electrons. The molecular weight excluding hydrogens is 324 g/mol. The molecule has 5 nitrogen and oxygen atoms in total. The van der Waals surface area contributed by atoms with Crippen LogP contribution in [0.3, 0.4) is 0 Å². The second-order valence-corrected chi connectivity index (χ2v) is 6.12. The Morgan fingerprint density at radius 2 is 1.54 bits per heavy atom. The van der Waals surface area contributed by atoms with E-state index in [-0.39, 0.29) is 6.03 Å². The maximum absolute atomic E-state index is 12.0. The first-order chi connectivity index (χ1) is 12.6. The highest BCUT2D eigenvalue weighted by Crippen LogP contribution is 2.10. The number of rotatable bonds is 8. The van der Waals surface area contributed by atoms with Crippen LogP contribution in [-0.4, -0.2) is 24.0 Å². The van der Waals surface area contributed by atoms with Gasteiger partial charge >= 0.3 is 6.03 Å². The normalized spacial score (nSPS) is 10.4. The molecule has 0 saturated carbocycles. The topological polar surface area (TPSA) is 68.2 Å². The molecule has 0 heterocycles. The zero-order valence-corrected chi connectivity index (χ0v) is 15.5. The van der Waals surface area contributed by atoms with Crippen LogP contribution in [0.2, 0.25) is 0 Å². The number of hydrogen-bond acceptors (Lipinski definition) is 3. The zero-order chi connectivity index (χ0) is 18.8. The summed E-state index contributed by atoms with van der Waals surface area (Å²) in [6, 6.07) is 17.5. The molecule has 5 heteroatoms. The molecule has 0 radical (unpaired) electrons. The number of anilines is 1. The van der Waals surface area contributed by atoms with Crippen molar-refractivity contribution in [3.8, 4) is 6.07 Å². The summed E-state index contributed by atoms with van der Waals surface area (Å²) >= 11 is 0. The molecule has 2 amide bonds. The predicted octanol–water partition coefficient (Wildman–Crippen LogP) is 3.92. The van der Waals surface area contributed by atoms with Crippen LogP contribution in [0.15, 0.2) is 48.5 Å². The number of nitrogens with one attached hydrogen (secondary N) is 2. The van der Waals surface area contributed by atoms with Gasteiger partial charge in [0.2, 0.25) is 0 Å². The molecule has 26 heavy (non-hydrogen) atoms. The van der Waals surface area contributed by atoms with Crippen LogP contribution in [0.1, 0.15) is 30.5 Å². The van der Waals surface area contributed by atoms with Crippen molar-refractivity contribution in [1.82, 2.24) is 10.2 Å². The van der Waals surface area contributed by atoms with Gasteiger partial charge in [0.05, 0.1) is 12.5 Å². The molecule has 2 aromatic rings. The first-order valence-electron chi connectivity index (χ1n) is 8.95. The molecule has 0 saturated heterocycles. The highest BCUT2D eigenvalue weighted by atomic mass is 16.2. The second-order valence-electron chi connectivity index (χ2n) is 6.12. The van der Waals surface area contributed by atoms with Gasteiger partial charge in [0.15, 0.2) is 0 Å². The third kappa shape index (κ3) is 6.23. The van der Waals surface area contributed by atoms with Gasteiger partial charge in [-0.15, -0.1) is 0 Å². The monoisotopic (exact) mass is 350 g/mol. The van der Waals surface area contributed by atoms with Gasteiger partial charge in [-0.3, -0.25) is 4.90 Å². The minimum absolute atomic E-state index is 0.245. The zero-order valence-electron chi connectivity index (χ0n) is 15.5. The third-order valence-electron chi connectivity index (χ3n) is 4.27. The molecule has 2 rings (SSSR count). The first kappa shape index (κ1) is 19.5. The Bertz CT molecular complexity index is 728. The van der Waals surface area contributed by atoms with Crippen LogP contribution < -0.4 is 10.6 Å². The van der Waals surface area contributed by atoms with Crippen molar-refractivity contribution >= 4 is 11.7 Å².